The fourth-order valence-corrected chi connectivity index (χ4v) is 2.45. The molecule has 0 aliphatic carbocycles. The minimum absolute atomic E-state index is 0.146. The molecule has 0 spiro atoms. The van der Waals surface area contributed by atoms with Crippen molar-refractivity contribution in [2.45, 2.75) is 13.0 Å². The molecule has 118 valence electrons. The molecule has 1 aromatic heterocycles. The first-order valence-corrected chi connectivity index (χ1v) is 7.21. The molecule has 0 saturated heterocycles. The molecule has 2 aromatic carbocycles. The first kappa shape index (κ1) is 14.9. The average Bonchev–Trinajstić information content (AvgIpc) is 2.54. The highest BCUT2D eigenvalue weighted by molar-refractivity contribution is 5.94. The van der Waals surface area contributed by atoms with Gasteiger partial charge in [0.25, 0.3) is 0 Å². The third-order valence-electron chi connectivity index (χ3n) is 3.60. The number of hydrogen-bond acceptors (Lipinski definition) is 6. The van der Waals surface area contributed by atoms with Gasteiger partial charge < -0.3 is 20.9 Å². The molecule has 0 radical (unpaired) electrons. The van der Waals surface area contributed by atoms with Gasteiger partial charge >= 0.3 is 0 Å². The van der Waals surface area contributed by atoms with Crippen LogP contribution in [0, 0.1) is 0 Å². The van der Waals surface area contributed by atoms with Crippen molar-refractivity contribution >= 4 is 22.7 Å². The Kier molecular flexibility index (Phi) is 3.89. The molecule has 1 unspecified atom stereocenters. The van der Waals surface area contributed by atoms with Gasteiger partial charge in [-0.15, -0.1) is 0 Å². The zero-order valence-electron chi connectivity index (χ0n) is 13.0. The molecule has 6 heteroatoms. The molecule has 3 aromatic rings. The van der Waals surface area contributed by atoms with E-state index in [1.165, 1.54) is 0 Å². The number of fused-ring (bicyclic) bond motifs is 1. The first-order chi connectivity index (χ1) is 11.1. The van der Waals surface area contributed by atoms with Gasteiger partial charge in [-0.25, -0.2) is 4.98 Å². The Morgan fingerprint density at radius 2 is 1.83 bits per heavy atom. The summed E-state index contributed by atoms with van der Waals surface area (Å²) in [6.07, 6.45) is -0.187. The number of rotatable bonds is 4. The Bertz CT molecular complexity index is 851. The monoisotopic (exact) mass is 310 g/mol. The largest absolute Gasteiger partial charge is 0.497 e. The summed E-state index contributed by atoms with van der Waals surface area (Å²) in [5, 5.41) is 0.663. The molecule has 0 amide bonds. The van der Waals surface area contributed by atoms with E-state index in [0.717, 1.165) is 11.3 Å². The quantitative estimate of drug-likeness (QED) is 0.769. The van der Waals surface area contributed by atoms with Crippen molar-refractivity contribution in [2.24, 2.45) is 0 Å². The van der Waals surface area contributed by atoms with E-state index >= 15 is 0 Å². The zero-order valence-corrected chi connectivity index (χ0v) is 13.0. The van der Waals surface area contributed by atoms with Crippen molar-refractivity contribution in [3.63, 3.8) is 0 Å². The molecule has 0 bridgehead atoms. The lowest BCUT2D eigenvalue weighted by molar-refractivity contribution is 0.229. The maximum absolute atomic E-state index is 6.08. The second-order valence-electron chi connectivity index (χ2n) is 5.15. The maximum atomic E-state index is 6.08. The van der Waals surface area contributed by atoms with Gasteiger partial charge in [0.2, 0.25) is 5.95 Å². The predicted octanol–water partition coefficient (Wildman–Crippen LogP) is 2.94. The molecule has 0 fully saturated rings. The summed E-state index contributed by atoms with van der Waals surface area (Å²) >= 11 is 0. The second kappa shape index (κ2) is 6.00. The smallest absolute Gasteiger partial charge is 0.222 e. The SMILES string of the molecule is COc1cccc(C(C)Oc2cccc3nc(N)nc(N)c23)c1. The van der Waals surface area contributed by atoms with E-state index in [4.69, 9.17) is 20.9 Å². The van der Waals surface area contributed by atoms with Crippen molar-refractivity contribution in [1.29, 1.82) is 0 Å². The van der Waals surface area contributed by atoms with Crippen LogP contribution in [0.2, 0.25) is 0 Å². The lowest BCUT2D eigenvalue weighted by Crippen LogP contribution is -2.06. The Hall–Kier alpha value is -3.02. The topological polar surface area (TPSA) is 96.3 Å². The summed E-state index contributed by atoms with van der Waals surface area (Å²) in [7, 11) is 1.64. The fourth-order valence-electron chi connectivity index (χ4n) is 2.45. The van der Waals surface area contributed by atoms with Crippen LogP contribution in [0.25, 0.3) is 10.9 Å². The molecular weight excluding hydrogens is 292 g/mol. The molecule has 6 nitrogen and oxygen atoms in total. The minimum atomic E-state index is -0.187. The van der Waals surface area contributed by atoms with Crippen LogP contribution in [0.4, 0.5) is 11.8 Å². The molecule has 0 aliphatic heterocycles. The number of aromatic nitrogens is 2. The van der Waals surface area contributed by atoms with Crippen LogP contribution in [0.3, 0.4) is 0 Å². The fraction of sp³-hybridized carbons (Fsp3) is 0.176. The molecule has 1 atom stereocenters. The van der Waals surface area contributed by atoms with Gasteiger partial charge in [0.15, 0.2) is 0 Å². The first-order valence-electron chi connectivity index (χ1n) is 7.21. The highest BCUT2D eigenvalue weighted by Gasteiger charge is 2.14. The van der Waals surface area contributed by atoms with Crippen LogP contribution in [0.1, 0.15) is 18.6 Å². The Labute approximate surface area is 134 Å². The summed E-state index contributed by atoms with van der Waals surface area (Å²) in [6, 6.07) is 13.3. The van der Waals surface area contributed by atoms with Gasteiger partial charge in [0.1, 0.15) is 23.4 Å². The minimum Gasteiger partial charge on any atom is -0.497 e. The maximum Gasteiger partial charge on any atom is 0.222 e. The van der Waals surface area contributed by atoms with Crippen molar-refractivity contribution < 1.29 is 9.47 Å². The van der Waals surface area contributed by atoms with Crippen LogP contribution >= 0.6 is 0 Å². The van der Waals surface area contributed by atoms with E-state index in [1.807, 2.05) is 49.4 Å². The average molecular weight is 310 g/mol. The van der Waals surface area contributed by atoms with Crippen LogP contribution in [-0.2, 0) is 0 Å². The third kappa shape index (κ3) is 2.96. The predicted molar refractivity (Wildman–Crippen MR) is 90.4 cm³/mol. The van der Waals surface area contributed by atoms with E-state index in [-0.39, 0.29) is 12.1 Å². The number of nitrogens with zero attached hydrogens (tertiary/aromatic N) is 2. The van der Waals surface area contributed by atoms with Crippen LogP contribution in [-0.4, -0.2) is 17.1 Å². The highest BCUT2D eigenvalue weighted by Crippen LogP contribution is 2.32. The molecule has 4 N–H and O–H groups in total. The van der Waals surface area contributed by atoms with Crippen molar-refractivity contribution in [2.75, 3.05) is 18.6 Å². The summed E-state index contributed by atoms with van der Waals surface area (Å²) in [4.78, 5) is 8.21. The summed E-state index contributed by atoms with van der Waals surface area (Å²) < 4.78 is 11.3. The van der Waals surface area contributed by atoms with Gasteiger partial charge in [0.05, 0.1) is 18.0 Å². The highest BCUT2D eigenvalue weighted by atomic mass is 16.5. The Morgan fingerprint density at radius 3 is 2.61 bits per heavy atom. The third-order valence-corrected chi connectivity index (χ3v) is 3.60. The number of methoxy groups -OCH3 is 1. The molecule has 0 aliphatic rings. The van der Waals surface area contributed by atoms with Crippen molar-refractivity contribution in [1.82, 2.24) is 9.97 Å². The van der Waals surface area contributed by atoms with Crippen LogP contribution in [0.5, 0.6) is 11.5 Å². The number of ether oxygens (including phenoxy) is 2. The molecule has 0 saturated carbocycles. The molecule has 23 heavy (non-hydrogen) atoms. The van der Waals surface area contributed by atoms with Gasteiger partial charge in [-0.1, -0.05) is 18.2 Å². The van der Waals surface area contributed by atoms with E-state index in [9.17, 15) is 0 Å². The second-order valence-corrected chi connectivity index (χ2v) is 5.15. The number of anilines is 2. The van der Waals surface area contributed by atoms with Crippen LogP contribution in [0.15, 0.2) is 42.5 Å². The summed E-state index contributed by atoms with van der Waals surface area (Å²) in [6.45, 7) is 1.96. The van der Waals surface area contributed by atoms with E-state index < -0.39 is 0 Å². The van der Waals surface area contributed by atoms with E-state index in [2.05, 4.69) is 9.97 Å². The number of nitrogens with two attached hydrogens (primary N) is 2. The lowest BCUT2D eigenvalue weighted by Gasteiger charge is -2.17. The molecular formula is C17H18N4O2. The lowest BCUT2D eigenvalue weighted by atomic mass is 10.1. The van der Waals surface area contributed by atoms with Gasteiger partial charge in [0, 0.05) is 0 Å². The summed E-state index contributed by atoms with van der Waals surface area (Å²) in [5.41, 5.74) is 13.3. The van der Waals surface area contributed by atoms with Crippen molar-refractivity contribution in [3.8, 4) is 11.5 Å². The number of benzene rings is 2. The normalized spacial score (nSPS) is 12.1. The Morgan fingerprint density at radius 1 is 1.04 bits per heavy atom. The van der Waals surface area contributed by atoms with E-state index in [1.54, 1.807) is 7.11 Å². The van der Waals surface area contributed by atoms with Crippen LogP contribution < -0.4 is 20.9 Å². The van der Waals surface area contributed by atoms with Gasteiger partial charge in [-0.05, 0) is 36.8 Å². The number of hydrogen-bond donors (Lipinski definition) is 2. The van der Waals surface area contributed by atoms with Crippen molar-refractivity contribution in [3.05, 3.63) is 48.0 Å². The molecule has 1 heterocycles. The standard InChI is InChI=1S/C17H18N4O2/c1-10(11-5-3-6-12(9-11)22-2)23-14-8-4-7-13-15(14)16(18)21-17(19)20-13/h3-10H,1-2H3,(H4,18,19,20,21). The van der Waals surface area contributed by atoms with E-state index in [0.29, 0.717) is 22.5 Å². The van der Waals surface area contributed by atoms with Gasteiger partial charge in [-0.3, -0.25) is 0 Å². The molecule has 3 rings (SSSR count). The number of nitrogen functional groups attached to an aromatic ring is 2. The van der Waals surface area contributed by atoms with Gasteiger partial charge in [-0.2, -0.15) is 4.98 Å². The zero-order chi connectivity index (χ0) is 16.4. The Balaban J connectivity index is 1.97. The summed E-state index contributed by atoms with van der Waals surface area (Å²) in [5.74, 6) is 1.86.